The minimum Gasteiger partial charge on any atom is -0.497 e. The molecule has 2 rings (SSSR count). The summed E-state index contributed by atoms with van der Waals surface area (Å²) in [6, 6.07) is 9.43. The van der Waals surface area contributed by atoms with Crippen molar-refractivity contribution >= 4 is 5.78 Å². The second kappa shape index (κ2) is 5.69. The zero-order chi connectivity index (χ0) is 13.8. The van der Waals surface area contributed by atoms with Gasteiger partial charge in [0.1, 0.15) is 11.4 Å². The highest BCUT2D eigenvalue weighted by molar-refractivity contribution is 5.96. The first kappa shape index (κ1) is 13.3. The van der Waals surface area contributed by atoms with Gasteiger partial charge in [0, 0.05) is 13.5 Å². The van der Waals surface area contributed by atoms with Crippen LogP contribution in [0.2, 0.25) is 0 Å². The van der Waals surface area contributed by atoms with Gasteiger partial charge in [-0.05, 0) is 30.2 Å². The average molecular weight is 258 g/mol. The summed E-state index contributed by atoms with van der Waals surface area (Å²) in [5.41, 5.74) is 2.54. The Balaban J connectivity index is 2.17. The summed E-state index contributed by atoms with van der Waals surface area (Å²) in [4.78, 5) is 12.3. The lowest BCUT2D eigenvalue weighted by Gasteiger charge is -2.04. The summed E-state index contributed by atoms with van der Waals surface area (Å²) >= 11 is 0. The molecule has 0 spiro atoms. The molecule has 0 amide bonds. The number of carbonyl (C=O) groups excluding carboxylic acids is 1. The van der Waals surface area contributed by atoms with Crippen LogP contribution in [-0.4, -0.2) is 22.7 Å². The van der Waals surface area contributed by atoms with Gasteiger partial charge in [0.05, 0.1) is 12.8 Å². The van der Waals surface area contributed by atoms with Crippen LogP contribution in [0.1, 0.15) is 28.7 Å². The number of hydrogen-bond acceptors (Lipinski definition) is 3. The fourth-order valence-electron chi connectivity index (χ4n) is 2.02. The molecule has 0 atom stereocenters. The molecule has 0 radical (unpaired) electrons. The second-order valence-corrected chi connectivity index (χ2v) is 4.45. The number of nitrogens with zero attached hydrogens (tertiary/aromatic N) is 2. The molecule has 0 N–H and O–H groups in total. The van der Waals surface area contributed by atoms with Gasteiger partial charge in [-0.15, -0.1) is 0 Å². The molecule has 4 nitrogen and oxygen atoms in total. The minimum absolute atomic E-state index is 0.0722. The molecule has 0 aliphatic heterocycles. The van der Waals surface area contributed by atoms with Crippen LogP contribution in [0.25, 0.3) is 0 Å². The maximum atomic E-state index is 12.3. The molecule has 4 heteroatoms. The predicted octanol–water partition coefficient (Wildman–Crippen LogP) is 2.42. The smallest absolute Gasteiger partial charge is 0.185 e. The van der Waals surface area contributed by atoms with Crippen LogP contribution < -0.4 is 4.74 Å². The van der Waals surface area contributed by atoms with Gasteiger partial charge in [-0.3, -0.25) is 9.48 Å². The number of Topliss-reactive ketones (excluding diaryl/α,β-unsaturated/α-hetero) is 1. The molecular formula is C15H18N2O2. The summed E-state index contributed by atoms with van der Waals surface area (Å²) in [6.45, 7) is 2.03. The van der Waals surface area contributed by atoms with Crippen LogP contribution in [0.3, 0.4) is 0 Å². The number of carbonyl (C=O) groups is 1. The van der Waals surface area contributed by atoms with E-state index in [1.165, 1.54) is 0 Å². The van der Waals surface area contributed by atoms with E-state index in [1.54, 1.807) is 18.8 Å². The summed E-state index contributed by atoms with van der Waals surface area (Å²) in [6.07, 6.45) is 1.19. The Bertz CT molecular complexity index is 588. The van der Waals surface area contributed by atoms with Crippen molar-refractivity contribution in [3.63, 3.8) is 0 Å². The number of hydrogen-bond donors (Lipinski definition) is 0. The van der Waals surface area contributed by atoms with Crippen LogP contribution >= 0.6 is 0 Å². The number of aromatic nitrogens is 2. The molecule has 0 fully saturated rings. The SMILES string of the molecule is CCc1cc(C(=O)Cc2cccc(OC)c2)n(C)n1. The average Bonchev–Trinajstić information content (AvgIpc) is 2.80. The van der Waals surface area contributed by atoms with Gasteiger partial charge in [-0.1, -0.05) is 19.1 Å². The van der Waals surface area contributed by atoms with Crippen molar-refractivity contribution in [3.05, 3.63) is 47.3 Å². The Morgan fingerprint density at radius 1 is 1.37 bits per heavy atom. The third-order valence-electron chi connectivity index (χ3n) is 3.08. The fourth-order valence-corrected chi connectivity index (χ4v) is 2.02. The van der Waals surface area contributed by atoms with E-state index in [4.69, 9.17) is 4.74 Å². The Hall–Kier alpha value is -2.10. The fraction of sp³-hybridized carbons (Fsp3) is 0.333. The van der Waals surface area contributed by atoms with Crippen molar-refractivity contribution in [2.75, 3.05) is 7.11 Å². The van der Waals surface area contributed by atoms with Crippen LogP contribution in [0.5, 0.6) is 5.75 Å². The molecule has 1 aromatic carbocycles. The highest BCUT2D eigenvalue weighted by Gasteiger charge is 2.13. The van der Waals surface area contributed by atoms with Crippen molar-refractivity contribution in [3.8, 4) is 5.75 Å². The first-order valence-electron chi connectivity index (χ1n) is 6.33. The third-order valence-corrected chi connectivity index (χ3v) is 3.08. The van der Waals surface area contributed by atoms with Gasteiger partial charge in [0.2, 0.25) is 0 Å². The Morgan fingerprint density at radius 2 is 2.16 bits per heavy atom. The van der Waals surface area contributed by atoms with Crippen molar-refractivity contribution in [2.24, 2.45) is 7.05 Å². The van der Waals surface area contributed by atoms with Crippen LogP contribution in [0.15, 0.2) is 30.3 Å². The maximum Gasteiger partial charge on any atom is 0.185 e. The van der Waals surface area contributed by atoms with Gasteiger partial charge in [0.15, 0.2) is 5.78 Å². The first-order valence-corrected chi connectivity index (χ1v) is 6.33. The number of rotatable bonds is 5. The van der Waals surface area contributed by atoms with Crippen molar-refractivity contribution < 1.29 is 9.53 Å². The Labute approximate surface area is 113 Å². The second-order valence-electron chi connectivity index (χ2n) is 4.45. The maximum absolute atomic E-state index is 12.3. The summed E-state index contributed by atoms with van der Waals surface area (Å²) in [5.74, 6) is 0.840. The lowest BCUT2D eigenvalue weighted by Crippen LogP contribution is -2.09. The summed E-state index contributed by atoms with van der Waals surface area (Å²) in [5, 5.41) is 4.30. The summed E-state index contributed by atoms with van der Waals surface area (Å²) in [7, 11) is 3.42. The molecule has 0 saturated carbocycles. The number of benzene rings is 1. The van der Waals surface area contributed by atoms with E-state index in [9.17, 15) is 4.79 Å². The Kier molecular flexibility index (Phi) is 4.00. The molecule has 0 unspecified atom stereocenters. The quantitative estimate of drug-likeness (QED) is 0.774. The largest absolute Gasteiger partial charge is 0.497 e. The molecule has 1 aromatic heterocycles. The monoisotopic (exact) mass is 258 g/mol. The molecule has 100 valence electrons. The zero-order valence-electron chi connectivity index (χ0n) is 11.5. The van der Waals surface area contributed by atoms with Crippen LogP contribution in [0.4, 0.5) is 0 Å². The number of ether oxygens (including phenoxy) is 1. The van der Waals surface area contributed by atoms with Gasteiger partial charge >= 0.3 is 0 Å². The highest BCUT2D eigenvalue weighted by atomic mass is 16.5. The number of aryl methyl sites for hydroxylation is 2. The van der Waals surface area contributed by atoms with Crippen LogP contribution in [0, 0.1) is 0 Å². The topological polar surface area (TPSA) is 44.1 Å². The van der Waals surface area contributed by atoms with E-state index in [-0.39, 0.29) is 5.78 Å². The zero-order valence-corrected chi connectivity index (χ0v) is 11.5. The van der Waals surface area contributed by atoms with Gasteiger partial charge in [0.25, 0.3) is 0 Å². The van der Waals surface area contributed by atoms with E-state index in [0.717, 1.165) is 23.4 Å². The molecule has 0 bridgehead atoms. The lowest BCUT2D eigenvalue weighted by atomic mass is 10.1. The molecule has 0 aliphatic rings. The van der Waals surface area contributed by atoms with E-state index in [0.29, 0.717) is 12.1 Å². The van der Waals surface area contributed by atoms with E-state index >= 15 is 0 Å². The number of methoxy groups -OCH3 is 1. The van der Waals surface area contributed by atoms with E-state index < -0.39 is 0 Å². The first-order chi connectivity index (χ1) is 9.13. The molecule has 2 aromatic rings. The molecule has 0 aliphatic carbocycles. The van der Waals surface area contributed by atoms with Gasteiger partial charge in [-0.2, -0.15) is 5.10 Å². The molecule has 0 saturated heterocycles. The standard InChI is InChI=1S/C15H18N2O2/c1-4-12-10-14(17(2)16-12)15(18)9-11-6-5-7-13(8-11)19-3/h5-8,10H,4,9H2,1-3H3. The van der Waals surface area contributed by atoms with Crippen molar-refractivity contribution in [1.29, 1.82) is 0 Å². The summed E-state index contributed by atoms with van der Waals surface area (Å²) < 4.78 is 6.81. The van der Waals surface area contributed by atoms with E-state index in [1.807, 2.05) is 37.3 Å². The van der Waals surface area contributed by atoms with Crippen LogP contribution in [-0.2, 0) is 19.9 Å². The highest BCUT2D eigenvalue weighted by Crippen LogP contribution is 2.15. The lowest BCUT2D eigenvalue weighted by molar-refractivity contribution is 0.0984. The van der Waals surface area contributed by atoms with Crippen molar-refractivity contribution in [2.45, 2.75) is 19.8 Å². The third kappa shape index (κ3) is 3.02. The van der Waals surface area contributed by atoms with Gasteiger partial charge < -0.3 is 4.74 Å². The number of ketones is 1. The molecule has 1 heterocycles. The van der Waals surface area contributed by atoms with Gasteiger partial charge in [-0.25, -0.2) is 0 Å². The predicted molar refractivity (Wildman–Crippen MR) is 73.6 cm³/mol. The normalized spacial score (nSPS) is 10.5. The molecular weight excluding hydrogens is 240 g/mol. The molecule has 19 heavy (non-hydrogen) atoms. The van der Waals surface area contributed by atoms with Crippen molar-refractivity contribution in [1.82, 2.24) is 9.78 Å². The Morgan fingerprint density at radius 3 is 2.79 bits per heavy atom. The minimum atomic E-state index is 0.0722. The van der Waals surface area contributed by atoms with E-state index in [2.05, 4.69) is 5.10 Å².